The largest absolute Gasteiger partial charge is 0.305 e. The zero-order chi connectivity index (χ0) is 18.8. The van der Waals surface area contributed by atoms with E-state index < -0.39 is 0 Å². The van der Waals surface area contributed by atoms with Gasteiger partial charge in [-0.25, -0.2) is 4.68 Å². The number of allylic oxidation sites excluding steroid dienone is 2. The van der Waals surface area contributed by atoms with Gasteiger partial charge in [-0.1, -0.05) is 70.3 Å². The molecule has 0 saturated carbocycles. The minimum absolute atomic E-state index is 0.308. The molecular weight excluding hydrogens is 405 g/mol. The molecule has 0 spiro atoms. The quantitative estimate of drug-likeness (QED) is 0.646. The summed E-state index contributed by atoms with van der Waals surface area (Å²) >= 11 is 18.7. The number of nitrogens with one attached hydrogen (secondary N) is 1. The Morgan fingerprint density at radius 3 is 2.52 bits per heavy atom. The fourth-order valence-electron chi connectivity index (χ4n) is 2.82. The highest BCUT2D eigenvalue weighted by molar-refractivity contribution is 6.37. The second kappa shape index (κ2) is 7.64. The molecule has 8 heteroatoms. The van der Waals surface area contributed by atoms with E-state index in [1.807, 2.05) is 47.7 Å². The lowest BCUT2D eigenvalue weighted by Crippen LogP contribution is -2.31. The van der Waals surface area contributed by atoms with E-state index >= 15 is 0 Å². The van der Waals surface area contributed by atoms with E-state index in [0.717, 1.165) is 16.8 Å². The second-order valence-corrected chi connectivity index (χ2v) is 7.16. The molecule has 0 amide bonds. The maximum atomic E-state index is 6.59. The summed E-state index contributed by atoms with van der Waals surface area (Å²) < 4.78 is 1.59. The van der Waals surface area contributed by atoms with Crippen molar-refractivity contribution in [2.24, 2.45) is 0 Å². The summed E-state index contributed by atoms with van der Waals surface area (Å²) in [5, 5.41) is 11.3. The summed E-state index contributed by atoms with van der Waals surface area (Å²) in [4.78, 5) is 0. The molecule has 1 aliphatic rings. The van der Waals surface area contributed by atoms with Crippen LogP contribution in [0.25, 0.3) is 11.3 Å². The number of nitrogens with zero attached hydrogens (tertiary/aromatic N) is 4. The van der Waals surface area contributed by atoms with Crippen molar-refractivity contribution in [1.29, 1.82) is 0 Å². The third-order valence-corrected chi connectivity index (χ3v) is 4.77. The second-order valence-electron chi connectivity index (χ2n) is 5.92. The zero-order valence-electron chi connectivity index (χ0n) is 14.0. The van der Waals surface area contributed by atoms with Gasteiger partial charge in [0.15, 0.2) is 5.15 Å². The Kier molecular flexibility index (Phi) is 5.07. The molecule has 1 aromatic heterocycles. The predicted molar refractivity (Wildman–Crippen MR) is 108 cm³/mol. The van der Waals surface area contributed by atoms with Crippen molar-refractivity contribution in [1.82, 2.24) is 25.4 Å². The van der Waals surface area contributed by atoms with Crippen LogP contribution in [-0.2, 0) is 6.54 Å². The van der Waals surface area contributed by atoms with Crippen molar-refractivity contribution >= 4 is 40.4 Å². The van der Waals surface area contributed by atoms with Gasteiger partial charge in [-0.3, -0.25) is 5.01 Å². The molecule has 4 rings (SSSR count). The summed E-state index contributed by atoms with van der Waals surface area (Å²) in [6.45, 7) is 0.682. The van der Waals surface area contributed by atoms with Gasteiger partial charge in [0.1, 0.15) is 0 Å². The van der Waals surface area contributed by atoms with Crippen LogP contribution in [0.2, 0.25) is 10.2 Å². The van der Waals surface area contributed by atoms with Gasteiger partial charge in [0.25, 0.3) is 0 Å². The Labute approximate surface area is 171 Å². The van der Waals surface area contributed by atoms with Crippen LogP contribution >= 0.6 is 34.8 Å². The van der Waals surface area contributed by atoms with E-state index in [4.69, 9.17) is 34.8 Å². The van der Waals surface area contributed by atoms with Gasteiger partial charge in [-0.2, -0.15) is 0 Å². The van der Waals surface area contributed by atoms with Crippen LogP contribution in [0.1, 0.15) is 11.1 Å². The van der Waals surface area contributed by atoms with Crippen LogP contribution in [-0.4, -0.2) is 20.0 Å². The normalized spacial score (nSPS) is 13.8. The lowest BCUT2D eigenvalue weighted by Gasteiger charge is -2.26. The smallest absolute Gasteiger partial charge is 0.171 e. The van der Waals surface area contributed by atoms with Crippen LogP contribution in [0.3, 0.4) is 0 Å². The van der Waals surface area contributed by atoms with Gasteiger partial charge in [0.05, 0.1) is 23.5 Å². The number of halogens is 3. The molecule has 27 heavy (non-hydrogen) atoms. The Morgan fingerprint density at radius 1 is 1.00 bits per heavy atom. The molecule has 136 valence electrons. The maximum absolute atomic E-state index is 6.59. The lowest BCUT2D eigenvalue weighted by molar-refractivity contribution is 0.304. The third-order valence-electron chi connectivity index (χ3n) is 4.06. The minimum atomic E-state index is 0.308. The van der Waals surface area contributed by atoms with Crippen molar-refractivity contribution in [2.75, 3.05) is 0 Å². The summed E-state index contributed by atoms with van der Waals surface area (Å²) in [7, 11) is 0. The SMILES string of the molecule is ClC1=CN(Cc2ccccc2)NC=C1c1cc(Cl)ccc1-n1cc(Cl)nn1. The first-order valence-corrected chi connectivity index (χ1v) is 9.26. The lowest BCUT2D eigenvalue weighted by atomic mass is 10.0. The standard InChI is InChI=1S/C19H14Cl3N5/c20-14-6-7-18(27-12-19(22)24-25-27)15(8-14)16-9-23-26(11-17(16)21)10-13-4-2-1-3-5-13/h1-9,11-12,23H,10H2. The predicted octanol–water partition coefficient (Wildman–Crippen LogP) is 5.02. The molecule has 0 radical (unpaired) electrons. The fourth-order valence-corrected chi connectivity index (χ4v) is 3.40. The Balaban J connectivity index is 1.65. The van der Waals surface area contributed by atoms with Crippen LogP contribution in [0, 0.1) is 0 Å². The first-order chi connectivity index (χ1) is 13.1. The van der Waals surface area contributed by atoms with E-state index in [2.05, 4.69) is 27.9 Å². The van der Waals surface area contributed by atoms with Crippen molar-refractivity contribution in [2.45, 2.75) is 6.54 Å². The fraction of sp³-hybridized carbons (Fsp3) is 0.0526. The minimum Gasteiger partial charge on any atom is -0.305 e. The molecule has 0 unspecified atom stereocenters. The highest BCUT2D eigenvalue weighted by Crippen LogP contribution is 2.34. The van der Waals surface area contributed by atoms with Crippen molar-refractivity contribution in [3.8, 4) is 5.69 Å². The van der Waals surface area contributed by atoms with Gasteiger partial charge in [-0.15, -0.1) is 5.10 Å². The average Bonchev–Trinajstić information content (AvgIpc) is 3.09. The third kappa shape index (κ3) is 3.95. The number of benzene rings is 2. The Hall–Kier alpha value is -2.47. The number of hydrazine groups is 1. The van der Waals surface area contributed by atoms with Gasteiger partial charge in [-0.05, 0) is 23.8 Å². The molecule has 0 aliphatic carbocycles. The van der Waals surface area contributed by atoms with E-state index in [-0.39, 0.29) is 0 Å². The maximum Gasteiger partial charge on any atom is 0.171 e. The number of hydrogen-bond acceptors (Lipinski definition) is 4. The Morgan fingerprint density at radius 2 is 1.81 bits per heavy atom. The number of hydrogen-bond donors (Lipinski definition) is 1. The summed E-state index contributed by atoms with van der Waals surface area (Å²) in [5.41, 5.74) is 6.80. The van der Waals surface area contributed by atoms with Crippen molar-refractivity contribution in [3.63, 3.8) is 0 Å². The van der Waals surface area contributed by atoms with E-state index in [1.165, 1.54) is 5.56 Å². The van der Waals surface area contributed by atoms with Gasteiger partial charge < -0.3 is 5.43 Å². The van der Waals surface area contributed by atoms with E-state index in [0.29, 0.717) is 21.8 Å². The highest BCUT2D eigenvalue weighted by atomic mass is 35.5. The van der Waals surface area contributed by atoms with Gasteiger partial charge >= 0.3 is 0 Å². The number of rotatable bonds is 4. The molecule has 0 atom stereocenters. The first-order valence-electron chi connectivity index (χ1n) is 8.13. The summed E-state index contributed by atoms with van der Waals surface area (Å²) in [6.07, 6.45) is 5.33. The monoisotopic (exact) mass is 417 g/mol. The summed E-state index contributed by atoms with van der Waals surface area (Å²) in [6, 6.07) is 15.6. The molecule has 0 bridgehead atoms. The van der Waals surface area contributed by atoms with Crippen LogP contribution < -0.4 is 5.43 Å². The molecule has 2 aromatic carbocycles. The molecule has 5 nitrogen and oxygen atoms in total. The van der Waals surface area contributed by atoms with Crippen LogP contribution in [0.15, 0.2) is 72.2 Å². The highest BCUT2D eigenvalue weighted by Gasteiger charge is 2.18. The average molecular weight is 419 g/mol. The van der Waals surface area contributed by atoms with E-state index in [9.17, 15) is 0 Å². The topological polar surface area (TPSA) is 46.0 Å². The van der Waals surface area contributed by atoms with Gasteiger partial charge in [0, 0.05) is 28.6 Å². The molecular formula is C19H14Cl3N5. The van der Waals surface area contributed by atoms with Crippen molar-refractivity contribution in [3.05, 3.63) is 93.5 Å². The van der Waals surface area contributed by atoms with Gasteiger partial charge in [0.2, 0.25) is 0 Å². The molecule has 1 N–H and O–H groups in total. The molecule has 2 heterocycles. The molecule has 0 fully saturated rings. The Bertz CT molecular complexity index is 1030. The first kappa shape index (κ1) is 17.9. The van der Waals surface area contributed by atoms with Crippen LogP contribution in [0.4, 0.5) is 0 Å². The summed E-state index contributed by atoms with van der Waals surface area (Å²) in [5.74, 6) is 0. The molecule has 0 saturated heterocycles. The number of aromatic nitrogens is 3. The molecule has 3 aromatic rings. The van der Waals surface area contributed by atoms with Crippen molar-refractivity contribution < 1.29 is 0 Å². The zero-order valence-corrected chi connectivity index (χ0v) is 16.2. The van der Waals surface area contributed by atoms with Crippen LogP contribution in [0.5, 0.6) is 0 Å². The molecule has 1 aliphatic heterocycles. The van der Waals surface area contributed by atoms with E-state index in [1.54, 1.807) is 16.9 Å².